The van der Waals surface area contributed by atoms with Gasteiger partial charge in [-0.2, -0.15) is 11.8 Å². The molecule has 0 bridgehead atoms. The zero-order valence-electron chi connectivity index (χ0n) is 9.98. The van der Waals surface area contributed by atoms with Crippen molar-refractivity contribution < 1.29 is 19.5 Å². The van der Waals surface area contributed by atoms with Crippen molar-refractivity contribution in [3.63, 3.8) is 0 Å². The number of urea groups is 1. The van der Waals surface area contributed by atoms with Gasteiger partial charge in [0.2, 0.25) is 5.91 Å². The molecule has 6 nitrogen and oxygen atoms in total. The lowest BCUT2D eigenvalue weighted by Gasteiger charge is -2.14. The molecule has 0 aromatic rings. The maximum absolute atomic E-state index is 11.3. The van der Waals surface area contributed by atoms with Crippen LogP contribution < -0.4 is 5.32 Å². The number of carboxylic acid groups (broad SMARTS) is 1. The van der Waals surface area contributed by atoms with Crippen molar-refractivity contribution in [3.05, 3.63) is 0 Å². The van der Waals surface area contributed by atoms with E-state index in [9.17, 15) is 14.4 Å². The molecule has 1 aliphatic carbocycles. The molecule has 1 heterocycles. The Balaban J connectivity index is 1.66. The van der Waals surface area contributed by atoms with Crippen molar-refractivity contribution in [2.45, 2.75) is 19.3 Å². The molecule has 7 heteroatoms. The molecule has 0 aromatic carbocycles. The minimum Gasteiger partial charge on any atom is -0.481 e. The minimum atomic E-state index is -0.748. The number of nitrogens with one attached hydrogen (secondary N) is 1. The van der Waals surface area contributed by atoms with Crippen LogP contribution in [0.25, 0.3) is 0 Å². The van der Waals surface area contributed by atoms with Gasteiger partial charge in [-0.25, -0.2) is 4.79 Å². The first-order chi connectivity index (χ1) is 8.52. The summed E-state index contributed by atoms with van der Waals surface area (Å²) < 4.78 is 0. The average Bonchev–Trinajstić information content (AvgIpc) is 2.97. The predicted octanol–water partition coefficient (Wildman–Crippen LogP) is 0.526. The lowest BCUT2D eigenvalue weighted by Crippen LogP contribution is -2.33. The Morgan fingerprint density at radius 3 is 2.67 bits per heavy atom. The van der Waals surface area contributed by atoms with Crippen LogP contribution in [0.4, 0.5) is 4.79 Å². The van der Waals surface area contributed by atoms with E-state index in [0.29, 0.717) is 12.3 Å². The molecule has 18 heavy (non-hydrogen) atoms. The second kappa shape index (κ2) is 5.17. The van der Waals surface area contributed by atoms with E-state index >= 15 is 0 Å². The second-order valence-electron chi connectivity index (χ2n) is 4.83. The molecule has 0 aromatic heterocycles. The highest BCUT2D eigenvalue weighted by Gasteiger charge is 2.44. The van der Waals surface area contributed by atoms with Gasteiger partial charge < -0.3 is 10.4 Å². The number of carbonyl (C=O) groups excluding carboxylic acids is 2. The minimum absolute atomic E-state index is 0.0340. The fraction of sp³-hybridized carbons (Fsp3) is 0.727. The van der Waals surface area contributed by atoms with Crippen LogP contribution in [0.3, 0.4) is 0 Å². The third-order valence-electron chi connectivity index (χ3n) is 3.29. The number of imide groups is 1. The second-order valence-corrected chi connectivity index (χ2v) is 5.93. The summed E-state index contributed by atoms with van der Waals surface area (Å²) in [6, 6.07) is -0.327. The van der Waals surface area contributed by atoms with Gasteiger partial charge in [0, 0.05) is 12.3 Å². The summed E-state index contributed by atoms with van der Waals surface area (Å²) in [7, 11) is 0. The molecule has 0 unspecified atom stereocenters. The zero-order chi connectivity index (χ0) is 13.2. The number of aliphatic carboxylic acids is 1. The highest BCUT2D eigenvalue weighted by Crippen LogP contribution is 2.50. The lowest BCUT2D eigenvalue weighted by molar-refractivity contribution is -0.138. The number of hydrogen-bond acceptors (Lipinski definition) is 4. The van der Waals surface area contributed by atoms with Crippen molar-refractivity contribution in [2.75, 3.05) is 24.6 Å². The maximum atomic E-state index is 11.3. The Hall–Kier alpha value is -1.24. The average molecular weight is 272 g/mol. The summed E-state index contributed by atoms with van der Waals surface area (Å²) in [6.07, 6.45) is 2.16. The predicted molar refractivity (Wildman–Crippen MR) is 66.4 cm³/mol. The Kier molecular flexibility index (Phi) is 3.79. The summed E-state index contributed by atoms with van der Waals surface area (Å²) in [4.78, 5) is 34.4. The molecular formula is C11H16N2O4S. The molecule has 0 atom stereocenters. The molecule has 1 saturated heterocycles. The number of carbonyl (C=O) groups is 3. The van der Waals surface area contributed by atoms with Gasteiger partial charge in [-0.05, 0) is 24.0 Å². The standard InChI is InChI=1S/C11H16N2O4S/c14-8-6-12-10(17)13(8)3-4-18-7-11(1-2-11)5-9(15)16/h1-7H2,(H,12,17)(H,15,16). The largest absolute Gasteiger partial charge is 0.481 e. The Labute approximate surface area is 109 Å². The highest BCUT2D eigenvalue weighted by molar-refractivity contribution is 7.99. The molecule has 2 rings (SSSR count). The van der Waals surface area contributed by atoms with Crippen molar-refractivity contribution >= 4 is 29.7 Å². The van der Waals surface area contributed by atoms with Crippen LogP contribution in [-0.4, -0.2) is 52.5 Å². The fourth-order valence-corrected chi connectivity index (χ4v) is 3.28. The number of carboxylic acids is 1. The first-order valence-electron chi connectivity index (χ1n) is 5.90. The van der Waals surface area contributed by atoms with Gasteiger partial charge in [0.15, 0.2) is 0 Å². The van der Waals surface area contributed by atoms with Crippen LogP contribution in [0.15, 0.2) is 0 Å². The number of rotatable bonds is 7. The highest BCUT2D eigenvalue weighted by atomic mass is 32.2. The van der Waals surface area contributed by atoms with E-state index in [1.807, 2.05) is 0 Å². The molecule has 2 fully saturated rings. The number of amides is 3. The van der Waals surface area contributed by atoms with E-state index < -0.39 is 5.97 Å². The Morgan fingerprint density at radius 2 is 2.17 bits per heavy atom. The van der Waals surface area contributed by atoms with Gasteiger partial charge >= 0.3 is 12.0 Å². The molecule has 1 aliphatic heterocycles. The first-order valence-corrected chi connectivity index (χ1v) is 7.06. The molecule has 100 valence electrons. The van der Waals surface area contributed by atoms with Gasteiger partial charge in [0.05, 0.1) is 13.0 Å². The molecule has 2 N–H and O–H groups in total. The van der Waals surface area contributed by atoms with Gasteiger partial charge in [0.25, 0.3) is 0 Å². The van der Waals surface area contributed by atoms with Crippen molar-refractivity contribution in [2.24, 2.45) is 5.41 Å². The fourth-order valence-electron chi connectivity index (χ4n) is 2.00. The summed E-state index contributed by atoms with van der Waals surface area (Å²) in [6.45, 7) is 0.491. The van der Waals surface area contributed by atoms with Crippen LogP contribution in [-0.2, 0) is 9.59 Å². The van der Waals surface area contributed by atoms with Crippen LogP contribution in [0, 0.1) is 5.41 Å². The van der Waals surface area contributed by atoms with E-state index in [1.165, 1.54) is 4.90 Å². The summed E-state index contributed by atoms with van der Waals surface area (Å²) in [5.41, 5.74) is -0.0340. The summed E-state index contributed by atoms with van der Waals surface area (Å²) >= 11 is 1.62. The monoisotopic (exact) mass is 272 g/mol. The summed E-state index contributed by atoms with van der Waals surface area (Å²) in [5, 5.41) is 11.2. The maximum Gasteiger partial charge on any atom is 0.324 e. The third kappa shape index (κ3) is 3.16. The third-order valence-corrected chi connectivity index (χ3v) is 4.58. The van der Waals surface area contributed by atoms with E-state index in [0.717, 1.165) is 18.6 Å². The van der Waals surface area contributed by atoms with Gasteiger partial charge in [0.1, 0.15) is 0 Å². The van der Waals surface area contributed by atoms with Gasteiger partial charge in [-0.15, -0.1) is 0 Å². The number of hydrogen-bond donors (Lipinski definition) is 2. The van der Waals surface area contributed by atoms with Gasteiger partial charge in [-0.1, -0.05) is 0 Å². The molecular weight excluding hydrogens is 256 g/mol. The molecule has 0 spiro atoms. The van der Waals surface area contributed by atoms with E-state index in [1.54, 1.807) is 11.8 Å². The topological polar surface area (TPSA) is 86.7 Å². The van der Waals surface area contributed by atoms with Crippen LogP contribution in [0.5, 0.6) is 0 Å². The van der Waals surface area contributed by atoms with Crippen LogP contribution in [0.1, 0.15) is 19.3 Å². The van der Waals surface area contributed by atoms with Crippen molar-refractivity contribution in [1.29, 1.82) is 0 Å². The number of nitrogens with zero attached hydrogens (tertiary/aromatic N) is 1. The summed E-state index contributed by atoms with van der Waals surface area (Å²) in [5.74, 6) is 0.526. The van der Waals surface area contributed by atoms with Crippen LogP contribution in [0.2, 0.25) is 0 Å². The quantitative estimate of drug-likeness (QED) is 0.521. The Morgan fingerprint density at radius 1 is 1.44 bits per heavy atom. The number of thioether (sulfide) groups is 1. The van der Waals surface area contributed by atoms with Crippen molar-refractivity contribution in [1.82, 2.24) is 10.2 Å². The van der Waals surface area contributed by atoms with E-state index in [4.69, 9.17) is 5.11 Å². The van der Waals surface area contributed by atoms with Gasteiger partial charge in [-0.3, -0.25) is 14.5 Å². The molecule has 3 amide bonds. The normalized spacial score (nSPS) is 21.0. The lowest BCUT2D eigenvalue weighted by atomic mass is 10.1. The van der Waals surface area contributed by atoms with Crippen molar-refractivity contribution in [3.8, 4) is 0 Å². The van der Waals surface area contributed by atoms with E-state index in [2.05, 4.69) is 5.32 Å². The van der Waals surface area contributed by atoms with E-state index in [-0.39, 0.29) is 30.3 Å². The zero-order valence-corrected chi connectivity index (χ0v) is 10.8. The smallest absolute Gasteiger partial charge is 0.324 e. The van der Waals surface area contributed by atoms with Crippen LogP contribution >= 0.6 is 11.8 Å². The molecule has 1 saturated carbocycles. The SMILES string of the molecule is O=C(O)CC1(CSCCN2C(=O)CNC2=O)CC1. The molecule has 2 aliphatic rings. The molecule has 0 radical (unpaired) electrons. The first kappa shape index (κ1) is 13.2. The Bertz CT molecular complexity index is 365.